The summed E-state index contributed by atoms with van der Waals surface area (Å²) < 4.78 is 32.2. The summed E-state index contributed by atoms with van der Waals surface area (Å²) in [5, 5.41) is 3.93. The van der Waals surface area contributed by atoms with Crippen molar-refractivity contribution < 1.29 is 23.4 Å². The maximum Gasteiger partial charge on any atom is 0.255 e. The van der Waals surface area contributed by atoms with Crippen molar-refractivity contribution in [1.82, 2.24) is 19.7 Å². The third-order valence-electron chi connectivity index (χ3n) is 6.50. The summed E-state index contributed by atoms with van der Waals surface area (Å²) in [6.45, 7) is 4.25. The molecule has 9 heteroatoms. The highest BCUT2D eigenvalue weighted by molar-refractivity contribution is 5.86. The molecule has 2 spiro atoms. The Hall–Kier alpha value is -2.36. The summed E-state index contributed by atoms with van der Waals surface area (Å²) in [5.74, 6) is -0.406. The van der Waals surface area contributed by atoms with Gasteiger partial charge in [-0.3, -0.25) is 4.79 Å². The topological polar surface area (TPSA) is 78.7 Å². The smallest absolute Gasteiger partial charge is 0.255 e. The molecule has 0 bridgehead atoms. The molecular formula is C21H25FN4O4. The number of aromatic nitrogens is 3. The summed E-state index contributed by atoms with van der Waals surface area (Å²) in [7, 11) is 0. The van der Waals surface area contributed by atoms with E-state index in [9.17, 15) is 9.18 Å². The fraction of sp³-hybridized carbons (Fsp3) is 0.571. The van der Waals surface area contributed by atoms with E-state index in [0.717, 1.165) is 11.8 Å². The van der Waals surface area contributed by atoms with Crippen LogP contribution in [0.25, 0.3) is 5.82 Å². The van der Waals surface area contributed by atoms with E-state index < -0.39 is 17.2 Å². The minimum absolute atomic E-state index is 0.0207. The minimum Gasteiger partial charge on any atom is -0.363 e. The zero-order chi connectivity index (χ0) is 20.8. The van der Waals surface area contributed by atoms with Crippen LogP contribution < -0.4 is 0 Å². The normalized spacial score (nSPS) is 23.9. The van der Waals surface area contributed by atoms with Gasteiger partial charge in [-0.1, -0.05) is 6.07 Å². The lowest BCUT2D eigenvalue weighted by atomic mass is 9.79. The second-order valence-corrected chi connectivity index (χ2v) is 8.18. The van der Waals surface area contributed by atoms with Gasteiger partial charge in [0.2, 0.25) is 0 Å². The van der Waals surface area contributed by atoms with Gasteiger partial charge in [-0.2, -0.15) is 5.10 Å². The van der Waals surface area contributed by atoms with Gasteiger partial charge in [0.15, 0.2) is 17.4 Å². The molecule has 8 nitrogen and oxygen atoms in total. The molecule has 0 aromatic carbocycles. The van der Waals surface area contributed by atoms with Gasteiger partial charge in [-0.05, 0) is 31.4 Å². The Balaban J connectivity index is 1.31. The third kappa shape index (κ3) is 3.30. The van der Waals surface area contributed by atoms with Gasteiger partial charge in [0.05, 0.1) is 38.3 Å². The minimum atomic E-state index is -0.799. The van der Waals surface area contributed by atoms with E-state index in [4.69, 9.17) is 14.2 Å². The molecule has 160 valence electrons. The number of morpholine rings is 1. The molecule has 30 heavy (non-hydrogen) atoms. The maximum absolute atomic E-state index is 13.5. The number of hydrogen-bond acceptors (Lipinski definition) is 6. The molecule has 1 amide bonds. The first kappa shape index (κ1) is 19.6. The number of halogens is 1. The molecule has 1 unspecified atom stereocenters. The Bertz CT molecular complexity index is 915. The highest BCUT2D eigenvalue weighted by Crippen LogP contribution is 2.44. The van der Waals surface area contributed by atoms with Gasteiger partial charge < -0.3 is 19.1 Å². The maximum atomic E-state index is 13.5. The van der Waals surface area contributed by atoms with Crippen LogP contribution in [0.15, 0.2) is 30.7 Å². The second kappa shape index (κ2) is 7.40. The van der Waals surface area contributed by atoms with Crippen LogP contribution in [0.1, 0.15) is 44.2 Å². The van der Waals surface area contributed by atoms with Crippen molar-refractivity contribution in [3.63, 3.8) is 0 Å². The Morgan fingerprint density at radius 3 is 2.47 bits per heavy atom. The van der Waals surface area contributed by atoms with Crippen molar-refractivity contribution in [3.8, 4) is 5.82 Å². The van der Waals surface area contributed by atoms with E-state index in [1.54, 1.807) is 12.3 Å². The predicted molar refractivity (Wildman–Crippen MR) is 103 cm³/mol. The number of rotatable bonds is 3. The predicted octanol–water partition coefficient (Wildman–Crippen LogP) is 2.38. The van der Waals surface area contributed by atoms with Gasteiger partial charge in [-0.15, -0.1) is 0 Å². The number of carbonyl (C=O) groups is 1. The Labute approximate surface area is 173 Å². The van der Waals surface area contributed by atoms with Gasteiger partial charge in [-0.25, -0.2) is 14.1 Å². The Morgan fingerprint density at radius 2 is 1.83 bits per heavy atom. The molecule has 0 radical (unpaired) electrons. The number of amides is 1. The number of carbonyl (C=O) groups excluding carboxylic acids is 1. The van der Waals surface area contributed by atoms with Gasteiger partial charge in [0.25, 0.3) is 5.91 Å². The van der Waals surface area contributed by atoms with Crippen LogP contribution in [0.3, 0.4) is 0 Å². The van der Waals surface area contributed by atoms with Crippen molar-refractivity contribution >= 4 is 5.91 Å². The summed E-state index contributed by atoms with van der Waals surface area (Å²) in [4.78, 5) is 19.7. The molecular weight excluding hydrogens is 391 g/mol. The van der Waals surface area contributed by atoms with E-state index >= 15 is 0 Å². The highest BCUT2D eigenvalue weighted by atomic mass is 19.1. The summed E-state index contributed by atoms with van der Waals surface area (Å²) in [6.07, 6.45) is 6.64. The largest absolute Gasteiger partial charge is 0.363 e. The molecule has 1 aliphatic carbocycles. The summed E-state index contributed by atoms with van der Waals surface area (Å²) in [6, 6.07) is 3.53. The number of ether oxygens (including phenoxy) is 3. The van der Waals surface area contributed by atoms with Crippen molar-refractivity contribution in [3.05, 3.63) is 42.1 Å². The van der Waals surface area contributed by atoms with Crippen LogP contribution in [0.5, 0.6) is 0 Å². The zero-order valence-electron chi connectivity index (χ0n) is 16.9. The number of hydrogen-bond donors (Lipinski definition) is 0. The average Bonchev–Trinajstić information content (AvgIpc) is 3.41. The van der Waals surface area contributed by atoms with Gasteiger partial charge in [0.1, 0.15) is 5.60 Å². The van der Waals surface area contributed by atoms with Crippen molar-refractivity contribution in [1.29, 1.82) is 0 Å². The van der Waals surface area contributed by atoms with Crippen LogP contribution in [-0.2, 0) is 19.0 Å². The van der Waals surface area contributed by atoms with Crippen molar-refractivity contribution in [2.24, 2.45) is 0 Å². The lowest BCUT2D eigenvalue weighted by molar-refractivity contribution is -0.223. The molecule has 2 aliphatic heterocycles. The van der Waals surface area contributed by atoms with Crippen molar-refractivity contribution in [2.75, 3.05) is 26.4 Å². The average molecular weight is 416 g/mol. The SMILES string of the molecule is CC(c1ccc(-n2cc(F)cn2)nc1)N1CCOC2(CCC3(CC2)OCCO3)C1=O. The van der Waals surface area contributed by atoms with E-state index in [1.165, 1.54) is 10.9 Å². The number of nitrogens with zero attached hydrogens (tertiary/aromatic N) is 4. The lowest BCUT2D eigenvalue weighted by Crippen LogP contribution is -2.60. The van der Waals surface area contributed by atoms with E-state index in [1.807, 2.05) is 17.9 Å². The van der Waals surface area contributed by atoms with Crippen LogP contribution in [0.4, 0.5) is 4.39 Å². The summed E-state index contributed by atoms with van der Waals surface area (Å²) in [5.41, 5.74) is 0.110. The monoisotopic (exact) mass is 416 g/mol. The Morgan fingerprint density at radius 1 is 1.07 bits per heavy atom. The fourth-order valence-corrected chi connectivity index (χ4v) is 4.70. The molecule has 0 N–H and O–H groups in total. The van der Waals surface area contributed by atoms with Gasteiger partial charge in [0, 0.05) is 25.6 Å². The third-order valence-corrected chi connectivity index (χ3v) is 6.50. The molecule has 2 aromatic heterocycles. The standard InChI is InChI=1S/C21H25FN4O4/c1-15(16-2-3-18(23-12-16)26-14-17(22)13-24-26)25-8-9-28-20(19(25)27)4-6-21(7-5-20)29-10-11-30-21/h2-3,12-15H,4-11H2,1H3. The van der Waals surface area contributed by atoms with Gasteiger partial charge >= 0.3 is 0 Å². The molecule has 3 fully saturated rings. The molecule has 2 saturated heterocycles. The lowest BCUT2D eigenvalue weighted by Gasteiger charge is -2.48. The van der Waals surface area contributed by atoms with Crippen LogP contribution in [0, 0.1) is 5.82 Å². The molecule has 5 rings (SSSR count). The van der Waals surface area contributed by atoms with Crippen LogP contribution >= 0.6 is 0 Å². The molecule has 1 saturated carbocycles. The Kier molecular flexibility index (Phi) is 4.83. The molecule has 4 heterocycles. The molecule has 1 atom stereocenters. The van der Waals surface area contributed by atoms with E-state index in [-0.39, 0.29) is 11.9 Å². The van der Waals surface area contributed by atoms with E-state index in [0.29, 0.717) is 57.9 Å². The quantitative estimate of drug-likeness (QED) is 0.765. The fourth-order valence-electron chi connectivity index (χ4n) is 4.70. The number of pyridine rings is 1. The summed E-state index contributed by atoms with van der Waals surface area (Å²) >= 11 is 0. The van der Waals surface area contributed by atoms with Crippen LogP contribution in [0.2, 0.25) is 0 Å². The first-order valence-corrected chi connectivity index (χ1v) is 10.4. The second-order valence-electron chi connectivity index (χ2n) is 8.18. The first-order chi connectivity index (χ1) is 14.5. The molecule has 2 aromatic rings. The van der Waals surface area contributed by atoms with E-state index in [2.05, 4.69) is 10.1 Å². The van der Waals surface area contributed by atoms with Crippen molar-refractivity contribution in [2.45, 2.75) is 50.0 Å². The zero-order valence-corrected chi connectivity index (χ0v) is 16.9. The van der Waals surface area contributed by atoms with Crippen LogP contribution in [-0.4, -0.2) is 63.3 Å². The highest BCUT2D eigenvalue weighted by Gasteiger charge is 2.53. The molecule has 3 aliphatic rings. The first-order valence-electron chi connectivity index (χ1n) is 10.4.